The molecule has 2 atom stereocenters. The molecule has 3 rings (SSSR count). The Morgan fingerprint density at radius 1 is 1.32 bits per heavy atom. The summed E-state index contributed by atoms with van der Waals surface area (Å²) in [7, 11) is 1.78. The van der Waals surface area contributed by atoms with Crippen LogP contribution >= 0.6 is 0 Å². The molecule has 7 nitrogen and oxygen atoms in total. The first-order valence-corrected chi connectivity index (χ1v) is 9.04. The normalized spacial score (nSPS) is 20.6. The predicted octanol–water partition coefficient (Wildman–Crippen LogP) is 1.48. The van der Waals surface area contributed by atoms with E-state index in [1.54, 1.807) is 17.8 Å². The molecule has 2 aromatic rings. The second-order valence-electron chi connectivity index (χ2n) is 6.75. The van der Waals surface area contributed by atoms with Crippen LogP contribution in [0.2, 0.25) is 0 Å². The molecule has 0 unspecified atom stereocenters. The molecule has 2 heterocycles. The van der Waals surface area contributed by atoms with E-state index < -0.39 is 0 Å². The third-order valence-electron chi connectivity index (χ3n) is 4.96. The van der Waals surface area contributed by atoms with Gasteiger partial charge in [-0.2, -0.15) is 5.10 Å². The summed E-state index contributed by atoms with van der Waals surface area (Å²) in [6.45, 7) is 2.89. The van der Waals surface area contributed by atoms with Crippen molar-refractivity contribution in [1.82, 2.24) is 19.3 Å². The molecule has 1 fully saturated rings. The highest BCUT2D eigenvalue weighted by Gasteiger charge is 2.24. The van der Waals surface area contributed by atoms with Gasteiger partial charge in [-0.05, 0) is 37.8 Å². The van der Waals surface area contributed by atoms with Crippen molar-refractivity contribution in [2.75, 3.05) is 6.61 Å². The fraction of sp³-hybridized carbons (Fsp3) is 0.611. The van der Waals surface area contributed by atoms with Crippen molar-refractivity contribution in [3.05, 3.63) is 40.3 Å². The highest BCUT2D eigenvalue weighted by atomic mass is 16.5. The van der Waals surface area contributed by atoms with Gasteiger partial charge in [-0.25, -0.2) is 9.48 Å². The van der Waals surface area contributed by atoms with Crippen molar-refractivity contribution in [3.8, 4) is 5.75 Å². The van der Waals surface area contributed by atoms with Crippen LogP contribution in [0, 0.1) is 5.92 Å². The largest absolute Gasteiger partial charge is 0.492 e. The van der Waals surface area contributed by atoms with Gasteiger partial charge in [-0.3, -0.25) is 9.55 Å². The molecule has 136 valence electrons. The van der Waals surface area contributed by atoms with Gasteiger partial charge in [0.15, 0.2) is 0 Å². The minimum absolute atomic E-state index is 0.116. The average molecular weight is 345 g/mol. The number of ether oxygens (including phenoxy) is 1. The van der Waals surface area contributed by atoms with Crippen molar-refractivity contribution in [2.24, 2.45) is 18.7 Å². The number of aromatic nitrogens is 4. The van der Waals surface area contributed by atoms with E-state index in [0.717, 1.165) is 36.5 Å². The molecular formula is C18H27N5O2. The Bertz CT molecular complexity index is 750. The predicted molar refractivity (Wildman–Crippen MR) is 95.6 cm³/mol. The summed E-state index contributed by atoms with van der Waals surface area (Å²) in [6.07, 6.45) is 7.03. The van der Waals surface area contributed by atoms with Gasteiger partial charge in [-0.15, -0.1) is 0 Å². The SMILES string of the molecule is CCOc1ccc(Cn2nc(C[C@H]3CCCC[C@H]3N)n(C)c2=O)nc1. The van der Waals surface area contributed by atoms with E-state index in [0.29, 0.717) is 19.1 Å². The first-order chi connectivity index (χ1) is 12.1. The Hall–Kier alpha value is -2.15. The maximum absolute atomic E-state index is 12.5. The molecule has 7 heteroatoms. The molecule has 1 aliphatic rings. The van der Waals surface area contributed by atoms with Crippen molar-refractivity contribution in [3.63, 3.8) is 0 Å². The molecule has 25 heavy (non-hydrogen) atoms. The van der Waals surface area contributed by atoms with E-state index >= 15 is 0 Å². The third kappa shape index (κ3) is 4.10. The van der Waals surface area contributed by atoms with Crippen LogP contribution in [0.3, 0.4) is 0 Å². The maximum Gasteiger partial charge on any atom is 0.346 e. The molecule has 0 aliphatic heterocycles. The zero-order valence-corrected chi connectivity index (χ0v) is 15.0. The lowest BCUT2D eigenvalue weighted by Crippen LogP contribution is -2.35. The quantitative estimate of drug-likeness (QED) is 0.857. The molecule has 0 bridgehead atoms. The number of pyridine rings is 1. The summed E-state index contributed by atoms with van der Waals surface area (Å²) in [5.41, 5.74) is 6.91. The minimum atomic E-state index is -0.116. The molecule has 0 saturated heterocycles. The zero-order chi connectivity index (χ0) is 17.8. The molecule has 0 amide bonds. The number of hydrogen-bond acceptors (Lipinski definition) is 5. The molecule has 0 radical (unpaired) electrons. The average Bonchev–Trinajstić information content (AvgIpc) is 2.87. The number of hydrogen-bond donors (Lipinski definition) is 1. The Morgan fingerprint density at radius 2 is 2.12 bits per heavy atom. The highest BCUT2D eigenvalue weighted by Crippen LogP contribution is 2.25. The maximum atomic E-state index is 12.5. The zero-order valence-electron chi connectivity index (χ0n) is 15.0. The van der Waals surface area contributed by atoms with Gasteiger partial charge in [0, 0.05) is 19.5 Å². The van der Waals surface area contributed by atoms with Crippen LogP contribution in [0.1, 0.15) is 44.1 Å². The van der Waals surface area contributed by atoms with E-state index in [9.17, 15) is 4.79 Å². The van der Waals surface area contributed by atoms with Gasteiger partial charge in [0.05, 0.1) is 25.0 Å². The van der Waals surface area contributed by atoms with Crippen molar-refractivity contribution in [1.29, 1.82) is 0 Å². The van der Waals surface area contributed by atoms with Crippen LogP contribution in [0.4, 0.5) is 0 Å². The second-order valence-corrected chi connectivity index (χ2v) is 6.75. The van der Waals surface area contributed by atoms with E-state index in [2.05, 4.69) is 10.1 Å². The van der Waals surface area contributed by atoms with Crippen molar-refractivity contribution >= 4 is 0 Å². The summed E-state index contributed by atoms with van der Waals surface area (Å²) in [5, 5.41) is 4.53. The van der Waals surface area contributed by atoms with E-state index in [1.165, 1.54) is 17.5 Å². The third-order valence-corrected chi connectivity index (χ3v) is 4.96. The topological polar surface area (TPSA) is 88.0 Å². The fourth-order valence-electron chi connectivity index (χ4n) is 3.45. The number of nitrogens with zero attached hydrogens (tertiary/aromatic N) is 4. The van der Waals surface area contributed by atoms with Crippen LogP contribution in [-0.4, -0.2) is 32.0 Å². The van der Waals surface area contributed by atoms with Gasteiger partial charge >= 0.3 is 5.69 Å². The summed E-state index contributed by atoms with van der Waals surface area (Å²) >= 11 is 0. The smallest absolute Gasteiger partial charge is 0.346 e. The summed E-state index contributed by atoms with van der Waals surface area (Å²) in [6, 6.07) is 3.94. The van der Waals surface area contributed by atoms with Crippen molar-refractivity contribution in [2.45, 2.75) is 51.6 Å². The summed E-state index contributed by atoms with van der Waals surface area (Å²) < 4.78 is 8.50. The Morgan fingerprint density at radius 3 is 2.80 bits per heavy atom. The first-order valence-electron chi connectivity index (χ1n) is 9.04. The summed E-state index contributed by atoms with van der Waals surface area (Å²) in [5.74, 6) is 1.94. The lowest BCUT2D eigenvalue weighted by molar-refractivity contribution is 0.300. The fourth-order valence-corrected chi connectivity index (χ4v) is 3.45. The van der Waals surface area contributed by atoms with Gasteiger partial charge in [-0.1, -0.05) is 12.8 Å². The standard InChI is InChI=1S/C18H27N5O2/c1-3-25-15-9-8-14(20-11-15)12-23-18(24)22(2)17(21-23)10-13-6-4-5-7-16(13)19/h8-9,11,13,16H,3-7,10,12,19H2,1-2H3/t13-,16-/m1/s1. The van der Waals surface area contributed by atoms with Crippen LogP contribution in [0.5, 0.6) is 5.75 Å². The van der Waals surface area contributed by atoms with Crippen LogP contribution in [-0.2, 0) is 20.0 Å². The van der Waals surface area contributed by atoms with Gasteiger partial charge in [0.25, 0.3) is 0 Å². The van der Waals surface area contributed by atoms with Crippen molar-refractivity contribution < 1.29 is 4.74 Å². The highest BCUT2D eigenvalue weighted by molar-refractivity contribution is 5.19. The first kappa shape index (κ1) is 17.7. The Labute approximate surface area is 147 Å². The minimum Gasteiger partial charge on any atom is -0.492 e. The molecule has 1 saturated carbocycles. The number of rotatable bonds is 6. The molecule has 0 spiro atoms. The van der Waals surface area contributed by atoms with E-state index in [4.69, 9.17) is 10.5 Å². The Balaban J connectivity index is 1.73. The van der Waals surface area contributed by atoms with Crippen LogP contribution in [0.15, 0.2) is 23.1 Å². The lowest BCUT2D eigenvalue weighted by atomic mass is 9.83. The second kappa shape index (κ2) is 7.82. The molecular weight excluding hydrogens is 318 g/mol. The lowest BCUT2D eigenvalue weighted by Gasteiger charge is -2.27. The van der Waals surface area contributed by atoms with E-state index in [-0.39, 0.29) is 11.7 Å². The van der Waals surface area contributed by atoms with Crippen LogP contribution in [0.25, 0.3) is 0 Å². The van der Waals surface area contributed by atoms with Gasteiger partial charge in [0.2, 0.25) is 0 Å². The van der Waals surface area contributed by atoms with E-state index in [1.807, 2.05) is 19.1 Å². The molecule has 2 aromatic heterocycles. The van der Waals surface area contributed by atoms with Gasteiger partial charge < -0.3 is 10.5 Å². The monoisotopic (exact) mass is 345 g/mol. The van der Waals surface area contributed by atoms with Crippen LogP contribution < -0.4 is 16.2 Å². The number of nitrogens with two attached hydrogens (primary N) is 1. The molecule has 1 aliphatic carbocycles. The summed E-state index contributed by atoms with van der Waals surface area (Å²) in [4.78, 5) is 16.8. The molecule has 2 N–H and O–H groups in total. The molecule has 0 aromatic carbocycles. The Kier molecular flexibility index (Phi) is 5.53. The van der Waals surface area contributed by atoms with Gasteiger partial charge in [0.1, 0.15) is 11.6 Å².